The molecule has 1 aromatic heterocycles. The molecule has 2 N–H and O–H groups in total. The van der Waals surface area contributed by atoms with E-state index in [2.05, 4.69) is 9.71 Å². The van der Waals surface area contributed by atoms with E-state index in [1.165, 1.54) is 12.1 Å². The fourth-order valence-electron chi connectivity index (χ4n) is 1.44. The lowest BCUT2D eigenvalue weighted by Gasteiger charge is -2.09. The number of aromatic nitrogens is 1. The second-order valence-electron chi connectivity index (χ2n) is 3.88. The van der Waals surface area contributed by atoms with Crippen molar-refractivity contribution in [3.63, 3.8) is 0 Å². The summed E-state index contributed by atoms with van der Waals surface area (Å²) in [6.07, 6.45) is 1.05. The van der Waals surface area contributed by atoms with Crippen molar-refractivity contribution in [3.05, 3.63) is 51.8 Å². The smallest absolute Gasteiger partial charge is 0.273 e. The Kier molecular flexibility index (Phi) is 3.96. The number of hydrogen-bond donors (Lipinski definition) is 2. The van der Waals surface area contributed by atoms with Gasteiger partial charge in [0.05, 0.1) is 16.7 Å². The molecule has 0 unspecified atom stereocenters. The van der Waals surface area contributed by atoms with Crippen LogP contribution >= 0.6 is 11.6 Å². The molecule has 0 aliphatic heterocycles. The van der Waals surface area contributed by atoms with Gasteiger partial charge in [-0.25, -0.2) is 13.4 Å². The third-order valence-electron chi connectivity index (χ3n) is 2.45. The monoisotopic (exact) mass is 329 g/mol. The topological polar surface area (TPSA) is 122 Å². The van der Waals surface area contributed by atoms with Crippen molar-refractivity contribution in [3.8, 4) is 5.75 Å². The molecular weight excluding hydrogens is 322 g/mol. The first-order chi connectivity index (χ1) is 9.79. The first-order valence-corrected chi connectivity index (χ1v) is 7.27. The fourth-order valence-corrected chi connectivity index (χ4v) is 2.58. The van der Waals surface area contributed by atoms with E-state index in [1.807, 2.05) is 0 Å². The Balaban J connectivity index is 2.32. The van der Waals surface area contributed by atoms with Gasteiger partial charge in [-0.05, 0) is 18.2 Å². The highest BCUT2D eigenvalue weighted by molar-refractivity contribution is 7.92. The van der Waals surface area contributed by atoms with Crippen LogP contribution in [0.2, 0.25) is 5.15 Å². The first kappa shape index (κ1) is 15.0. The second kappa shape index (κ2) is 5.54. The van der Waals surface area contributed by atoms with Gasteiger partial charge in [-0.2, -0.15) is 0 Å². The SMILES string of the molecule is O=[N+]([O-])c1ccc(NS(=O)(=O)c2ccc(Cl)nc2)c(O)c1. The molecule has 0 fully saturated rings. The third kappa shape index (κ3) is 3.38. The fraction of sp³-hybridized carbons (Fsp3) is 0. The molecule has 0 bridgehead atoms. The maximum absolute atomic E-state index is 12.0. The number of hydrogen-bond acceptors (Lipinski definition) is 6. The number of pyridine rings is 1. The summed E-state index contributed by atoms with van der Waals surface area (Å²) in [6.45, 7) is 0. The number of benzene rings is 1. The molecule has 2 aromatic rings. The predicted octanol–water partition coefficient (Wildman–Crippen LogP) is 2.15. The summed E-state index contributed by atoms with van der Waals surface area (Å²) in [6, 6.07) is 5.54. The maximum Gasteiger partial charge on any atom is 0.273 e. The zero-order valence-corrected chi connectivity index (χ0v) is 11.8. The first-order valence-electron chi connectivity index (χ1n) is 5.41. The Morgan fingerprint density at radius 1 is 1.29 bits per heavy atom. The van der Waals surface area contributed by atoms with E-state index in [1.54, 1.807) is 0 Å². The number of phenolic OH excluding ortho intramolecular Hbond substituents is 1. The van der Waals surface area contributed by atoms with E-state index in [-0.39, 0.29) is 21.4 Å². The summed E-state index contributed by atoms with van der Waals surface area (Å²) in [7, 11) is -3.99. The van der Waals surface area contributed by atoms with Gasteiger partial charge in [0.25, 0.3) is 15.7 Å². The molecule has 0 saturated carbocycles. The Morgan fingerprint density at radius 3 is 2.52 bits per heavy atom. The molecular formula is C11H8ClN3O5S. The number of nitro benzene ring substituents is 1. The summed E-state index contributed by atoms with van der Waals surface area (Å²) >= 11 is 5.56. The summed E-state index contributed by atoms with van der Waals surface area (Å²) in [5, 5.41) is 20.3. The van der Waals surface area contributed by atoms with E-state index in [9.17, 15) is 23.6 Å². The highest BCUT2D eigenvalue weighted by Gasteiger charge is 2.18. The van der Waals surface area contributed by atoms with Gasteiger partial charge in [-0.15, -0.1) is 0 Å². The van der Waals surface area contributed by atoms with Crippen molar-refractivity contribution in [2.75, 3.05) is 4.72 Å². The van der Waals surface area contributed by atoms with Gasteiger partial charge in [0.2, 0.25) is 0 Å². The van der Waals surface area contributed by atoms with Crippen molar-refractivity contribution in [1.29, 1.82) is 0 Å². The molecule has 10 heteroatoms. The number of rotatable bonds is 4. The summed E-state index contributed by atoms with van der Waals surface area (Å²) in [5.74, 6) is -0.560. The molecule has 8 nitrogen and oxygen atoms in total. The van der Waals surface area contributed by atoms with Crippen molar-refractivity contribution in [1.82, 2.24) is 4.98 Å². The molecule has 0 aliphatic carbocycles. The van der Waals surface area contributed by atoms with Gasteiger partial charge in [-0.3, -0.25) is 14.8 Å². The van der Waals surface area contributed by atoms with E-state index in [0.717, 1.165) is 24.4 Å². The van der Waals surface area contributed by atoms with Crippen LogP contribution < -0.4 is 4.72 Å². The van der Waals surface area contributed by atoms with Crippen molar-refractivity contribution in [2.45, 2.75) is 4.90 Å². The molecule has 110 valence electrons. The van der Waals surface area contributed by atoms with Crippen LogP contribution in [-0.4, -0.2) is 23.4 Å². The lowest BCUT2D eigenvalue weighted by atomic mass is 10.3. The maximum atomic E-state index is 12.0. The summed E-state index contributed by atoms with van der Waals surface area (Å²) in [4.78, 5) is 13.3. The highest BCUT2D eigenvalue weighted by Crippen LogP contribution is 2.29. The molecule has 0 amide bonds. The van der Waals surface area contributed by atoms with Crippen molar-refractivity contribution in [2.24, 2.45) is 0 Å². The third-order valence-corrected chi connectivity index (χ3v) is 4.02. The molecule has 1 aromatic carbocycles. The zero-order valence-electron chi connectivity index (χ0n) is 10.2. The Morgan fingerprint density at radius 2 is 2.00 bits per heavy atom. The minimum Gasteiger partial charge on any atom is -0.505 e. The Bertz CT molecular complexity index is 792. The van der Waals surface area contributed by atoms with Crippen LogP contribution in [0.1, 0.15) is 0 Å². The molecule has 2 rings (SSSR count). The normalized spacial score (nSPS) is 11.1. The van der Waals surface area contributed by atoms with Crippen LogP contribution in [0.5, 0.6) is 5.75 Å². The van der Waals surface area contributed by atoms with Crippen LogP contribution in [0.15, 0.2) is 41.4 Å². The average Bonchev–Trinajstić information content (AvgIpc) is 2.41. The second-order valence-corrected chi connectivity index (χ2v) is 5.95. The van der Waals surface area contributed by atoms with Crippen molar-refractivity contribution < 1.29 is 18.4 Å². The van der Waals surface area contributed by atoms with Crippen LogP contribution in [0.4, 0.5) is 11.4 Å². The average molecular weight is 330 g/mol. The number of nitrogens with one attached hydrogen (secondary N) is 1. The lowest BCUT2D eigenvalue weighted by molar-refractivity contribution is -0.384. The van der Waals surface area contributed by atoms with Gasteiger partial charge in [0, 0.05) is 12.3 Å². The highest BCUT2D eigenvalue weighted by atomic mass is 35.5. The molecule has 0 aliphatic rings. The molecule has 0 atom stereocenters. The van der Waals surface area contributed by atoms with E-state index >= 15 is 0 Å². The molecule has 0 saturated heterocycles. The molecule has 0 spiro atoms. The zero-order chi connectivity index (χ0) is 15.6. The number of nitrogens with zero attached hydrogens (tertiary/aromatic N) is 2. The lowest BCUT2D eigenvalue weighted by Crippen LogP contribution is -2.13. The van der Waals surface area contributed by atoms with Gasteiger partial charge >= 0.3 is 0 Å². The van der Waals surface area contributed by atoms with E-state index < -0.39 is 20.7 Å². The van der Waals surface area contributed by atoms with Crippen LogP contribution in [0, 0.1) is 10.1 Å². The summed E-state index contributed by atoms with van der Waals surface area (Å²) < 4.78 is 26.2. The number of aromatic hydroxyl groups is 1. The predicted molar refractivity (Wildman–Crippen MR) is 74.8 cm³/mol. The molecule has 0 radical (unpaired) electrons. The van der Waals surface area contributed by atoms with Gasteiger partial charge < -0.3 is 5.11 Å². The van der Waals surface area contributed by atoms with Crippen LogP contribution in [0.25, 0.3) is 0 Å². The number of nitro groups is 1. The standard InChI is InChI=1S/C11H8ClN3O5S/c12-11-4-2-8(6-13-11)21(19,20)14-9-3-1-7(15(17)18)5-10(9)16/h1-6,14,16H. The number of sulfonamides is 1. The van der Waals surface area contributed by atoms with Crippen molar-refractivity contribution >= 4 is 33.0 Å². The van der Waals surface area contributed by atoms with E-state index in [4.69, 9.17) is 11.6 Å². The molecule has 21 heavy (non-hydrogen) atoms. The number of non-ortho nitro benzene ring substituents is 1. The van der Waals surface area contributed by atoms with Crippen LogP contribution in [-0.2, 0) is 10.0 Å². The van der Waals surface area contributed by atoms with Crippen LogP contribution in [0.3, 0.4) is 0 Å². The molecule has 1 heterocycles. The quantitative estimate of drug-likeness (QED) is 0.383. The number of halogens is 1. The number of anilines is 1. The number of phenols is 1. The van der Waals surface area contributed by atoms with E-state index in [0.29, 0.717) is 0 Å². The summed E-state index contributed by atoms with van der Waals surface area (Å²) in [5.41, 5.74) is -0.542. The Labute approximate surface area is 124 Å². The Hall–Kier alpha value is -2.39. The largest absolute Gasteiger partial charge is 0.505 e. The van der Waals surface area contributed by atoms with Gasteiger partial charge in [0.15, 0.2) is 0 Å². The van der Waals surface area contributed by atoms with Gasteiger partial charge in [-0.1, -0.05) is 11.6 Å². The minimum absolute atomic E-state index is 0.132. The minimum atomic E-state index is -3.99. The van der Waals surface area contributed by atoms with Gasteiger partial charge in [0.1, 0.15) is 15.8 Å².